The molecule has 0 aromatic heterocycles. The summed E-state index contributed by atoms with van der Waals surface area (Å²) < 4.78 is 0. The van der Waals surface area contributed by atoms with E-state index in [0.29, 0.717) is 18.4 Å². The molecule has 1 aromatic carbocycles. The van der Waals surface area contributed by atoms with Gasteiger partial charge in [-0.15, -0.1) is 0 Å². The summed E-state index contributed by atoms with van der Waals surface area (Å²) in [5.41, 5.74) is 3.74. The minimum Gasteiger partial charge on any atom is -0.315 e. The average Bonchev–Trinajstić information content (AvgIpc) is 2.48. The van der Waals surface area contributed by atoms with Crippen LogP contribution >= 0.6 is 0 Å². The van der Waals surface area contributed by atoms with Crippen molar-refractivity contribution in [3.05, 3.63) is 29.3 Å². The fourth-order valence-corrected chi connectivity index (χ4v) is 3.36. The van der Waals surface area contributed by atoms with Gasteiger partial charge in [0.2, 0.25) is 5.91 Å². The molecule has 116 valence electrons. The Morgan fingerprint density at radius 2 is 2.05 bits per heavy atom. The van der Waals surface area contributed by atoms with E-state index in [4.69, 9.17) is 0 Å². The number of hydrogen-bond acceptors (Lipinski definition) is 2. The number of carbonyl (C=O) groups is 1. The highest BCUT2D eigenvalue weighted by Gasteiger charge is 2.23. The maximum atomic E-state index is 11.8. The molecule has 0 saturated heterocycles. The molecule has 2 atom stereocenters. The first-order valence-corrected chi connectivity index (χ1v) is 8.21. The zero-order chi connectivity index (χ0) is 15.4. The lowest BCUT2D eigenvalue weighted by Gasteiger charge is -2.29. The smallest absolute Gasteiger partial charge is 0.227 e. The Bertz CT molecular complexity index is 498. The van der Waals surface area contributed by atoms with Crippen LogP contribution in [0.3, 0.4) is 0 Å². The first kappa shape index (κ1) is 16.0. The van der Waals surface area contributed by atoms with Crippen LogP contribution < -0.4 is 10.2 Å². The maximum absolute atomic E-state index is 11.8. The van der Waals surface area contributed by atoms with Crippen molar-refractivity contribution in [2.75, 3.05) is 18.5 Å². The molecule has 1 heterocycles. The molecule has 1 aromatic rings. The van der Waals surface area contributed by atoms with E-state index in [-0.39, 0.29) is 5.91 Å². The molecule has 0 radical (unpaired) electrons. The fourth-order valence-electron chi connectivity index (χ4n) is 3.36. The SMILES string of the molecule is CCCC(C)C(NCC)c1ccc2c(c1)CCC(=O)N2C. The first-order chi connectivity index (χ1) is 10.1. The molecule has 1 aliphatic heterocycles. The van der Waals surface area contributed by atoms with E-state index < -0.39 is 0 Å². The van der Waals surface area contributed by atoms with Crippen molar-refractivity contribution in [3.63, 3.8) is 0 Å². The van der Waals surface area contributed by atoms with E-state index in [2.05, 4.69) is 44.3 Å². The molecule has 0 bridgehead atoms. The van der Waals surface area contributed by atoms with E-state index in [9.17, 15) is 4.79 Å². The molecule has 0 spiro atoms. The Hall–Kier alpha value is -1.35. The number of anilines is 1. The molecule has 21 heavy (non-hydrogen) atoms. The summed E-state index contributed by atoms with van der Waals surface area (Å²) in [4.78, 5) is 13.6. The number of nitrogens with one attached hydrogen (secondary N) is 1. The third kappa shape index (κ3) is 3.46. The zero-order valence-corrected chi connectivity index (χ0v) is 13.8. The Labute approximate surface area is 128 Å². The van der Waals surface area contributed by atoms with Gasteiger partial charge in [-0.1, -0.05) is 39.3 Å². The quantitative estimate of drug-likeness (QED) is 0.866. The van der Waals surface area contributed by atoms with Crippen LogP contribution in [0.2, 0.25) is 0 Å². The minimum atomic E-state index is 0.220. The number of hydrogen-bond donors (Lipinski definition) is 1. The fraction of sp³-hybridized carbons (Fsp3) is 0.611. The minimum absolute atomic E-state index is 0.220. The van der Waals surface area contributed by atoms with Crippen molar-refractivity contribution in [1.29, 1.82) is 0 Å². The lowest BCUT2D eigenvalue weighted by molar-refractivity contribution is -0.118. The van der Waals surface area contributed by atoms with Gasteiger partial charge in [0.05, 0.1) is 0 Å². The topological polar surface area (TPSA) is 32.3 Å². The average molecular weight is 288 g/mol. The highest BCUT2D eigenvalue weighted by atomic mass is 16.2. The molecule has 0 aliphatic carbocycles. The third-order valence-corrected chi connectivity index (χ3v) is 4.54. The second kappa shape index (κ2) is 7.08. The molecule has 2 unspecified atom stereocenters. The van der Waals surface area contributed by atoms with Gasteiger partial charge < -0.3 is 10.2 Å². The standard InChI is InChI=1S/C18H28N2O/c1-5-7-13(3)18(19-6-2)15-8-10-16-14(12-15)9-11-17(21)20(16)4/h8,10,12-13,18-19H,5-7,9,11H2,1-4H3. The molecule has 3 nitrogen and oxygen atoms in total. The zero-order valence-electron chi connectivity index (χ0n) is 13.8. The summed E-state index contributed by atoms with van der Waals surface area (Å²) >= 11 is 0. The monoisotopic (exact) mass is 288 g/mol. The summed E-state index contributed by atoms with van der Waals surface area (Å²) in [5.74, 6) is 0.841. The van der Waals surface area contributed by atoms with Crippen LogP contribution in [-0.4, -0.2) is 19.5 Å². The van der Waals surface area contributed by atoms with Crippen molar-refractivity contribution in [2.24, 2.45) is 5.92 Å². The molecule has 0 saturated carbocycles. The number of fused-ring (bicyclic) bond motifs is 1. The van der Waals surface area contributed by atoms with Gasteiger partial charge in [0, 0.05) is 25.2 Å². The largest absolute Gasteiger partial charge is 0.315 e. The summed E-state index contributed by atoms with van der Waals surface area (Å²) in [6, 6.07) is 7.01. The highest BCUT2D eigenvalue weighted by molar-refractivity contribution is 5.95. The second-order valence-electron chi connectivity index (χ2n) is 6.14. The molecule has 0 fully saturated rings. The summed E-state index contributed by atoms with van der Waals surface area (Å²) in [6.07, 6.45) is 3.94. The highest BCUT2D eigenvalue weighted by Crippen LogP contribution is 2.32. The maximum Gasteiger partial charge on any atom is 0.227 e. The molecule has 2 rings (SSSR count). The lowest BCUT2D eigenvalue weighted by atomic mass is 9.88. The van der Waals surface area contributed by atoms with Crippen LogP contribution in [-0.2, 0) is 11.2 Å². The predicted octanol–water partition coefficient (Wildman–Crippen LogP) is 3.68. The van der Waals surface area contributed by atoms with Gasteiger partial charge >= 0.3 is 0 Å². The number of benzene rings is 1. The van der Waals surface area contributed by atoms with Crippen LogP contribution in [0, 0.1) is 5.92 Å². The van der Waals surface area contributed by atoms with Gasteiger partial charge in [-0.3, -0.25) is 4.79 Å². The van der Waals surface area contributed by atoms with E-state index in [1.165, 1.54) is 24.0 Å². The van der Waals surface area contributed by atoms with Gasteiger partial charge in [-0.2, -0.15) is 0 Å². The summed E-state index contributed by atoms with van der Waals surface area (Å²) in [5, 5.41) is 3.63. The normalized spacial score (nSPS) is 17.5. The van der Waals surface area contributed by atoms with Crippen LogP contribution in [0.1, 0.15) is 57.2 Å². The van der Waals surface area contributed by atoms with E-state index >= 15 is 0 Å². The summed E-state index contributed by atoms with van der Waals surface area (Å²) in [6.45, 7) is 7.71. The summed E-state index contributed by atoms with van der Waals surface area (Å²) in [7, 11) is 1.88. The number of nitrogens with zero attached hydrogens (tertiary/aromatic N) is 1. The van der Waals surface area contributed by atoms with E-state index in [1.54, 1.807) is 4.90 Å². The van der Waals surface area contributed by atoms with Crippen LogP contribution in [0.25, 0.3) is 0 Å². The Morgan fingerprint density at radius 1 is 1.29 bits per heavy atom. The van der Waals surface area contributed by atoms with Crippen LogP contribution in [0.4, 0.5) is 5.69 Å². The molecular weight excluding hydrogens is 260 g/mol. The Balaban J connectivity index is 2.28. The van der Waals surface area contributed by atoms with Gasteiger partial charge in [0.25, 0.3) is 0 Å². The van der Waals surface area contributed by atoms with Crippen molar-refractivity contribution < 1.29 is 4.79 Å². The van der Waals surface area contributed by atoms with Crippen LogP contribution in [0.5, 0.6) is 0 Å². The van der Waals surface area contributed by atoms with Gasteiger partial charge in [0.15, 0.2) is 0 Å². The van der Waals surface area contributed by atoms with E-state index in [0.717, 1.165) is 18.7 Å². The van der Waals surface area contributed by atoms with Gasteiger partial charge in [-0.05, 0) is 42.5 Å². The van der Waals surface area contributed by atoms with Crippen molar-refractivity contribution in [3.8, 4) is 0 Å². The number of rotatable bonds is 6. The predicted molar refractivity (Wildman–Crippen MR) is 88.7 cm³/mol. The lowest BCUT2D eigenvalue weighted by Crippen LogP contribution is -2.32. The van der Waals surface area contributed by atoms with Crippen molar-refractivity contribution >= 4 is 11.6 Å². The molecule has 3 heteroatoms. The number of aryl methyl sites for hydroxylation is 1. The van der Waals surface area contributed by atoms with Crippen molar-refractivity contribution in [2.45, 2.75) is 52.5 Å². The molecule has 1 aliphatic rings. The third-order valence-electron chi connectivity index (χ3n) is 4.54. The Morgan fingerprint density at radius 3 is 2.71 bits per heavy atom. The number of amides is 1. The molecule has 1 amide bonds. The van der Waals surface area contributed by atoms with Gasteiger partial charge in [0.1, 0.15) is 0 Å². The Kier molecular flexibility index (Phi) is 5.40. The first-order valence-electron chi connectivity index (χ1n) is 8.21. The van der Waals surface area contributed by atoms with Gasteiger partial charge in [-0.25, -0.2) is 0 Å². The molecular formula is C18H28N2O. The van der Waals surface area contributed by atoms with E-state index in [1.807, 2.05) is 7.05 Å². The van der Waals surface area contributed by atoms with Crippen molar-refractivity contribution in [1.82, 2.24) is 5.32 Å². The number of carbonyl (C=O) groups excluding carboxylic acids is 1. The van der Waals surface area contributed by atoms with Crippen LogP contribution in [0.15, 0.2) is 18.2 Å². The second-order valence-corrected chi connectivity index (χ2v) is 6.14. The molecule has 1 N–H and O–H groups in total.